The Morgan fingerprint density at radius 1 is 1.20 bits per heavy atom. The first kappa shape index (κ1) is 16.6. The van der Waals surface area contributed by atoms with Crippen molar-refractivity contribution in [3.05, 3.63) is 0 Å². The van der Waals surface area contributed by atoms with Crippen LogP contribution >= 0.6 is 11.8 Å². The summed E-state index contributed by atoms with van der Waals surface area (Å²) < 4.78 is 0.460. The number of nitrogens with one attached hydrogen (secondary N) is 1. The fraction of sp³-hybridized carbons (Fsp3) is 1.00. The maximum Gasteiger partial charge on any atom is 0.0309 e. The van der Waals surface area contributed by atoms with E-state index in [0.29, 0.717) is 16.3 Å². The third-order valence-electron chi connectivity index (χ3n) is 5.93. The second kappa shape index (κ2) is 7.02. The van der Waals surface area contributed by atoms with Crippen molar-refractivity contribution < 1.29 is 0 Å². The molecule has 0 aromatic heterocycles. The van der Waals surface area contributed by atoms with Gasteiger partial charge < -0.3 is 5.32 Å². The Balaban J connectivity index is 2.05. The standard InChI is InChI=1S/C17H34N2S/c1-5-17(6-2,20-4)14-19-13-16(18-12-15(19)3)10-8-7-9-11-16/h15,18H,5-14H2,1-4H3. The van der Waals surface area contributed by atoms with Crippen molar-refractivity contribution in [2.75, 3.05) is 25.9 Å². The summed E-state index contributed by atoms with van der Waals surface area (Å²) in [4.78, 5) is 2.80. The minimum atomic E-state index is 0.441. The largest absolute Gasteiger partial charge is 0.308 e. The van der Waals surface area contributed by atoms with E-state index >= 15 is 0 Å². The number of rotatable bonds is 5. The SMILES string of the molecule is CCC(CC)(CN1CC2(CCCCC2)NCC1C)SC. The molecule has 1 spiro atoms. The Bertz CT molecular complexity index is 287. The van der Waals surface area contributed by atoms with E-state index in [0.717, 1.165) is 0 Å². The molecule has 1 N–H and O–H groups in total. The van der Waals surface area contributed by atoms with Gasteiger partial charge in [0, 0.05) is 36.0 Å². The predicted molar refractivity (Wildman–Crippen MR) is 91.7 cm³/mol. The van der Waals surface area contributed by atoms with Crippen LogP contribution in [0.15, 0.2) is 0 Å². The van der Waals surface area contributed by atoms with Crippen molar-refractivity contribution in [2.24, 2.45) is 0 Å². The Labute approximate surface area is 130 Å². The zero-order chi connectivity index (χ0) is 14.6. The van der Waals surface area contributed by atoms with Gasteiger partial charge in [0.2, 0.25) is 0 Å². The minimum absolute atomic E-state index is 0.441. The van der Waals surface area contributed by atoms with E-state index < -0.39 is 0 Å². The molecular formula is C17H34N2S. The van der Waals surface area contributed by atoms with Gasteiger partial charge in [-0.1, -0.05) is 33.1 Å². The van der Waals surface area contributed by atoms with Gasteiger partial charge in [-0.25, -0.2) is 0 Å². The third kappa shape index (κ3) is 3.53. The average molecular weight is 299 g/mol. The molecule has 1 aliphatic heterocycles. The Morgan fingerprint density at radius 2 is 1.85 bits per heavy atom. The average Bonchev–Trinajstić information content (AvgIpc) is 2.50. The maximum atomic E-state index is 3.91. The summed E-state index contributed by atoms with van der Waals surface area (Å²) in [7, 11) is 0. The van der Waals surface area contributed by atoms with Crippen molar-refractivity contribution >= 4 is 11.8 Å². The molecule has 20 heavy (non-hydrogen) atoms. The van der Waals surface area contributed by atoms with E-state index in [-0.39, 0.29) is 0 Å². The molecule has 118 valence electrons. The highest BCUT2D eigenvalue weighted by molar-refractivity contribution is 8.00. The van der Waals surface area contributed by atoms with Gasteiger partial charge in [-0.15, -0.1) is 0 Å². The molecule has 2 rings (SSSR count). The number of piperazine rings is 1. The lowest BCUT2D eigenvalue weighted by Crippen LogP contribution is -2.65. The molecule has 0 amide bonds. The molecule has 2 fully saturated rings. The van der Waals surface area contributed by atoms with E-state index in [2.05, 4.69) is 49.0 Å². The van der Waals surface area contributed by atoms with E-state index in [9.17, 15) is 0 Å². The summed E-state index contributed by atoms with van der Waals surface area (Å²) in [6.07, 6.45) is 11.9. The first-order valence-corrected chi connectivity index (χ1v) is 9.85. The molecule has 0 radical (unpaired) electrons. The third-order valence-corrected chi connectivity index (χ3v) is 7.50. The van der Waals surface area contributed by atoms with Crippen molar-refractivity contribution in [1.29, 1.82) is 0 Å². The molecule has 1 saturated carbocycles. The summed E-state index contributed by atoms with van der Waals surface area (Å²) in [6.45, 7) is 10.9. The van der Waals surface area contributed by atoms with Gasteiger partial charge in [0.05, 0.1) is 0 Å². The van der Waals surface area contributed by atoms with Crippen molar-refractivity contribution in [2.45, 2.75) is 82.0 Å². The van der Waals surface area contributed by atoms with Gasteiger partial charge in [0.25, 0.3) is 0 Å². The molecule has 2 aliphatic rings. The minimum Gasteiger partial charge on any atom is -0.308 e. The molecule has 1 atom stereocenters. The van der Waals surface area contributed by atoms with Gasteiger partial charge in [-0.05, 0) is 38.9 Å². The fourth-order valence-corrected chi connectivity index (χ4v) is 4.94. The number of hydrogen-bond acceptors (Lipinski definition) is 3. The van der Waals surface area contributed by atoms with Gasteiger partial charge in [-0.2, -0.15) is 11.8 Å². The molecule has 0 aromatic rings. The molecule has 1 saturated heterocycles. The summed E-state index contributed by atoms with van der Waals surface area (Å²) in [5, 5.41) is 3.91. The van der Waals surface area contributed by atoms with Gasteiger partial charge in [-0.3, -0.25) is 4.90 Å². The van der Waals surface area contributed by atoms with Crippen molar-refractivity contribution in [1.82, 2.24) is 10.2 Å². The van der Waals surface area contributed by atoms with Crippen LogP contribution in [-0.4, -0.2) is 47.1 Å². The van der Waals surface area contributed by atoms with Crippen LogP contribution in [0.1, 0.15) is 65.7 Å². The van der Waals surface area contributed by atoms with Crippen molar-refractivity contribution in [3.63, 3.8) is 0 Å². The zero-order valence-corrected chi connectivity index (χ0v) is 14.8. The molecular weight excluding hydrogens is 264 g/mol. The van der Waals surface area contributed by atoms with Gasteiger partial charge in [0.15, 0.2) is 0 Å². The Hall–Kier alpha value is 0.270. The summed E-state index contributed by atoms with van der Waals surface area (Å²) in [5.41, 5.74) is 0.441. The van der Waals surface area contributed by atoms with Crippen LogP contribution in [-0.2, 0) is 0 Å². The molecule has 1 aliphatic carbocycles. The molecule has 0 bridgehead atoms. The normalized spacial score (nSPS) is 27.9. The lowest BCUT2D eigenvalue weighted by Gasteiger charge is -2.51. The second-order valence-electron chi connectivity index (χ2n) is 7.07. The highest BCUT2D eigenvalue weighted by atomic mass is 32.2. The summed E-state index contributed by atoms with van der Waals surface area (Å²) in [6, 6.07) is 0.687. The number of thioether (sulfide) groups is 1. The van der Waals surface area contributed by atoms with Crippen molar-refractivity contribution in [3.8, 4) is 0 Å². The molecule has 0 aromatic carbocycles. The predicted octanol–water partition coefficient (Wildman–Crippen LogP) is 3.90. The van der Waals surface area contributed by atoms with Gasteiger partial charge >= 0.3 is 0 Å². The zero-order valence-electron chi connectivity index (χ0n) is 14.0. The first-order valence-electron chi connectivity index (χ1n) is 8.63. The van der Waals surface area contributed by atoms with E-state index in [1.165, 1.54) is 64.6 Å². The highest BCUT2D eigenvalue weighted by Crippen LogP contribution is 2.36. The summed E-state index contributed by atoms with van der Waals surface area (Å²) >= 11 is 2.09. The van der Waals surface area contributed by atoms with Crippen LogP contribution in [0.5, 0.6) is 0 Å². The monoisotopic (exact) mass is 298 g/mol. The highest BCUT2D eigenvalue weighted by Gasteiger charge is 2.40. The van der Waals surface area contributed by atoms with Crippen LogP contribution in [0.4, 0.5) is 0 Å². The van der Waals surface area contributed by atoms with Gasteiger partial charge in [0.1, 0.15) is 0 Å². The van der Waals surface area contributed by atoms with Crippen LogP contribution in [0.25, 0.3) is 0 Å². The fourth-order valence-electron chi connectivity index (χ4n) is 4.07. The summed E-state index contributed by atoms with van der Waals surface area (Å²) in [5.74, 6) is 0. The lowest BCUT2D eigenvalue weighted by molar-refractivity contribution is 0.0546. The van der Waals surface area contributed by atoms with E-state index in [4.69, 9.17) is 0 Å². The van der Waals surface area contributed by atoms with Crippen LogP contribution in [0.3, 0.4) is 0 Å². The van der Waals surface area contributed by atoms with E-state index in [1.807, 2.05) is 0 Å². The molecule has 2 nitrogen and oxygen atoms in total. The number of nitrogens with zero attached hydrogens (tertiary/aromatic N) is 1. The molecule has 3 heteroatoms. The maximum absolute atomic E-state index is 3.91. The topological polar surface area (TPSA) is 15.3 Å². The lowest BCUT2D eigenvalue weighted by atomic mass is 9.79. The molecule has 1 heterocycles. The first-order chi connectivity index (χ1) is 9.59. The smallest absolute Gasteiger partial charge is 0.0309 e. The Morgan fingerprint density at radius 3 is 2.40 bits per heavy atom. The van der Waals surface area contributed by atoms with E-state index in [1.54, 1.807) is 0 Å². The number of hydrogen-bond donors (Lipinski definition) is 1. The van der Waals surface area contributed by atoms with Crippen LogP contribution in [0.2, 0.25) is 0 Å². The van der Waals surface area contributed by atoms with Crippen LogP contribution < -0.4 is 5.32 Å². The van der Waals surface area contributed by atoms with Crippen LogP contribution in [0, 0.1) is 0 Å². The quantitative estimate of drug-likeness (QED) is 0.828. The second-order valence-corrected chi connectivity index (χ2v) is 8.34. The Kier molecular flexibility index (Phi) is 5.84. The molecule has 1 unspecified atom stereocenters.